The first-order valence-corrected chi connectivity index (χ1v) is 5.97. The first-order chi connectivity index (χ1) is 8.56. The van der Waals surface area contributed by atoms with Crippen molar-refractivity contribution in [2.24, 2.45) is 10.7 Å². The summed E-state index contributed by atoms with van der Waals surface area (Å²) in [4.78, 5) is 15.5. The van der Waals surface area contributed by atoms with Crippen molar-refractivity contribution in [3.63, 3.8) is 0 Å². The molecule has 0 atom stereocenters. The second-order valence-electron chi connectivity index (χ2n) is 3.33. The molecule has 0 aliphatic rings. The van der Waals surface area contributed by atoms with Gasteiger partial charge >= 0.3 is 5.97 Å². The summed E-state index contributed by atoms with van der Waals surface area (Å²) in [6, 6.07) is 4.25. The number of nitrogens with two attached hydrogens (primary N) is 1. The number of hydrogen-bond acceptors (Lipinski definition) is 6. The van der Waals surface area contributed by atoms with Crippen LogP contribution in [-0.4, -0.2) is 28.1 Å². The van der Waals surface area contributed by atoms with Crippen LogP contribution in [0.1, 0.15) is 13.3 Å². The fourth-order valence-electron chi connectivity index (χ4n) is 1.22. The Bertz CT molecular complexity index is 462. The predicted octanol–water partition coefficient (Wildman–Crippen LogP) is 1.90. The number of carbonyl (C=O) groups is 1. The highest BCUT2D eigenvalue weighted by atomic mass is 32.2. The molecule has 6 nitrogen and oxygen atoms in total. The summed E-state index contributed by atoms with van der Waals surface area (Å²) in [7, 11) is 0. The van der Waals surface area contributed by atoms with Crippen LogP contribution in [0.15, 0.2) is 28.1 Å². The molecule has 0 saturated heterocycles. The zero-order chi connectivity index (χ0) is 13.5. The number of carbonyl (C=O) groups excluding carboxylic acids is 1. The van der Waals surface area contributed by atoms with E-state index in [-0.39, 0.29) is 24.6 Å². The van der Waals surface area contributed by atoms with Gasteiger partial charge in [-0.05, 0) is 25.1 Å². The van der Waals surface area contributed by atoms with E-state index in [0.29, 0.717) is 22.6 Å². The number of ether oxygens (including phenoxy) is 1. The van der Waals surface area contributed by atoms with Gasteiger partial charge in [0, 0.05) is 12.0 Å². The fraction of sp³-hybridized carbons (Fsp3) is 0.273. The number of nitrogens with zero attached hydrogens (tertiary/aromatic N) is 1. The SMILES string of the molecule is CCOC(=O)CC(N)=Nc1ccc(O)cc1SO. The zero-order valence-corrected chi connectivity index (χ0v) is 10.6. The van der Waals surface area contributed by atoms with Gasteiger partial charge in [0.2, 0.25) is 0 Å². The van der Waals surface area contributed by atoms with Gasteiger partial charge in [0.05, 0.1) is 17.2 Å². The molecule has 0 aliphatic carbocycles. The molecule has 0 aliphatic heterocycles. The molecule has 0 aromatic heterocycles. The summed E-state index contributed by atoms with van der Waals surface area (Å²) in [6.45, 7) is 1.98. The van der Waals surface area contributed by atoms with Gasteiger partial charge in [-0.3, -0.25) is 4.79 Å². The minimum atomic E-state index is -0.462. The molecule has 7 heteroatoms. The Labute approximate surface area is 109 Å². The van der Waals surface area contributed by atoms with Crippen LogP contribution < -0.4 is 5.73 Å². The molecule has 0 amide bonds. The van der Waals surface area contributed by atoms with Crippen molar-refractivity contribution in [3.8, 4) is 5.75 Å². The summed E-state index contributed by atoms with van der Waals surface area (Å²) < 4.78 is 13.8. The number of esters is 1. The van der Waals surface area contributed by atoms with Crippen LogP contribution in [0, 0.1) is 0 Å². The molecule has 0 unspecified atom stereocenters. The molecule has 98 valence electrons. The summed E-state index contributed by atoms with van der Waals surface area (Å²) in [5.41, 5.74) is 5.97. The second kappa shape index (κ2) is 6.87. The lowest BCUT2D eigenvalue weighted by atomic mass is 10.3. The lowest BCUT2D eigenvalue weighted by molar-refractivity contribution is -0.141. The highest BCUT2D eigenvalue weighted by Gasteiger charge is 2.07. The Kier molecular flexibility index (Phi) is 5.47. The summed E-state index contributed by atoms with van der Waals surface area (Å²) in [6.07, 6.45) is -0.121. The van der Waals surface area contributed by atoms with E-state index in [0.717, 1.165) is 0 Å². The number of phenols is 1. The van der Waals surface area contributed by atoms with E-state index in [1.54, 1.807) is 6.92 Å². The van der Waals surface area contributed by atoms with Crippen molar-refractivity contribution in [1.29, 1.82) is 0 Å². The summed E-state index contributed by atoms with van der Waals surface area (Å²) in [5.74, 6) is -0.375. The summed E-state index contributed by atoms with van der Waals surface area (Å²) >= 11 is 0.442. The van der Waals surface area contributed by atoms with Crippen LogP contribution in [0.25, 0.3) is 0 Å². The molecule has 0 fully saturated rings. The second-order valence-corrected chi connectivity index (χ2v) is 3.95. The van der Waals surface area contributed by atoms with Gasteiger partial charge in [-0.2, -0.15) is 0 Å². The third kappa shape index (κ3) is 4.27. The quantitative estimate of drug-likeness (QED) is 0.326. The molecule has 1 aromatic carbocycles. The van der Waals surface area contributed by atoms with Gasteiger partial charge in [-0.15, -0.1) is 0 Å². The van der Waals surface area contributed by atoms with Crippen molar-refractivity contribution < 1.29 is 19.2 Å². The van der Waals surface area contributed by atoms with Crippen molar-refractivity contribution in [3.05, 3.63) is 18.2 Å². The van der Waals surface area contributed by atoms with E-state index < -0.39 is 5.97 Å². The number of phenolic OH excluding ortho intramolecular Hbond substituents is 1. The predicted molar refractivity (Wildman–Crippen MR) is 69.1 cm³/mol. The molecule has 1 aromatic rings. The Hall–Kier alpha value is -1.73. The molecule has 18 heavy (non-hydrogen) atoms. The van der Waals surface area contributed by atoms with Crippen molar-refractivity contribution in [1.82, 2.24) is 0 Å². The van der Waals surface area contributed by atoms with Crippen LogP contribution in [0.3, 0.4) is 0 Å². The highest BCUT2D eigenvalue weighted by Crippen LogP contribution is 2.31. The highest BCUT2D eigenvalue weighted by molar-refractivity contribution is 7.94. The number of aromatic hydroxyl groups is 1. The monoisotopic (exact) mass is 270 g/mol. The Morgan fingerprint density at radius 1 is 1.56 bits per heavy atom. The van der Waals surface area contributed by atoms with E-state index in [4.69, 9.17) is 15.0 Å². The minimum Gasteiger partial charge on any atom is -0.508 e. The van der Waals surface area contributed by atoms with Crippen molar-refractivity contribution >= 4 is 29.5 Å². The van der Waals surface area contributed by atoms with E-state index in [1.807, 2.05) is 0 Å². The first-order valence-electron chi connectivity index (χ1n) is 5.20. The Morgan fingerprint density at radius 2 is 2.28 bits per heavy atom. The van der Waals surface area contributed by atoms with Gasteiger partial charge in [0.1, 0.15) is 18.0 Å². The average Bonchev–Trinajstić information content (AvgIpc) is 2.31. The van der Waals surface area contributed by atoms with E-state index in [9.17, 15) is 9.90 Å². The Balaban J connectivity index is 2.84. The van der Waals surface area contributed by atoms with Crippen LogP contribution in [0.2, 0.25) is 0 Å². The van der Waals surface area contributed by atoms with E-state index >= 15 is 0 Å². The smallest absolute Gasteiger partial charge is 0.313 e. The molecular weight excluding hydrogens is 256 g/mol. The molecule has 4 N–H and O–H groups in total. The molecule has 0 heterocycles. The molecule has 1 rings (SSSR count). The van der Waals surface area contributed by atoms with Crippen LogP contribution in [-0.2, 0) is 9.53 Å². The number of amidine groups is 1. The lowest BCUT2D eigenvalue weighted by Gasteiger charge is -2.04. The van der Waals surface area contributed by atoms with Crippen LogP contribution in [0.5, 0.6) is 5.75 Å². The average molecular weight is 270 g/mol. The minimum absolute atomic E-state index is 0.00876. The first kappa shape index (κ1) is 14.3. The maximum atomic E-state index is 11.2. The van der Waals surface area contributed by atoms with Crippen LogP contribution >= 0.6 is 12.0 Å². The number of hydrogen-bond donors (Lipinski definition) is 3. The van der Waals surface area contributed by atoms with Crippen molar-refractivity contribution in [2.45, 2.75) is 18.2 Å². The number of rotatable bonds is 5. The van der Waals surface area contributed by atoms with Gasteiger partial charge < -0.3 is 20.1 Å². The van der Waals surface area contributed by atoms with Gasteiger partial charge in [-0.25, -0.2) is 4.99 Å². The largest absolute Gasteiger partial charge is 0.508 e. The normalized spacial score (nSPS) is 11.3. The van der Waals surface area contributed by atoms with Gasteiger partial charge in [0.25, 0.3) is 0 Å². The van der Waals surface area contributed by atoms with E-state index in [1.165, 1.54) is 18.2 Å². The number of aliphatic imine (C=N–C) groups is 1. The molecule has 0 saturated carbocycles. The third-order valence-electron chi connectivity index (χ3n) is 1.94. The topological polar surface area (TPSA) is 105 Å². The van der Waals surface area contributed by atoms with Crippen molar-refractivity contribution in [2.75, 3.05) is 6.61 Å². The van der Waals surface area contributed by atoms with E-state index in [2.05, 4.69) is 4.99 Å². The molecular formula is C11H14N2O4S. The zero-order valence-electron chi connectivity index (χ0n) is 9.79. The van der Waals surface area contributed by atoms with Crippen LogP contribution in [0.4, 0.5) is 5.69 Å². The fourth-order valence-corrected chi connectivity index (χ4v) is 1.60. The Morgan fingerprint density at radius 3 is 2.89 bits per heavy atom. The summed E-state index contributed by atoms with van der Waals surface area (Å²) in [5, 5.41) is 9.24. The lowest BCUT2D eigenvalue weighted by Crippen LogP contribution is -2.18. The molecule has 0 spiro atoms. The standard InChI is InChI=1S/C11H14N2O4S/c1-2-17-11(15)6-10(12)13-8-4-3-7(14)5-9(8)18-16/h3-5,14,16H,2,6H2,1H3,(H2,12,13). The van der Waals surface area contributed by atoms with Gasteiger partial charge in [0.15, 0.2) is 0 Å². The number of benzene rings is 1. The van der Waals surface area contributed by atoms with Gasteiger partial charge in [-0.1, -0.05) is 0 Å². The third-order valence-corrected chi connectivity index (χ3v) is 2.46. The maximum absolute atomic E-state index is 11.2. The molecule has 0 radical (unpaired) electrons. The maximum Gasteiger partial charge on any atom is 0.313 e. The molecule has 0 bridgehead atoms.